The Kier molecular flexibility index (Phi) is 6.34. The molecule has 1 aliphatic heterocycles. The number of nitrogens with zero attached hydrogens (tertiary/aromatic N) is 1. The lowest BCUT2D eigenvalue weighted by molar-refractivity contribution is 0.0893. The lowest BCUT2D eigenvalue weighted by Crippen LogP contribution is -2.61. The Balaban J connectivity index is 1.45. The van der Waals surface area contributed by atoms with Gasteiger partial charge in [0, 0.05) is 13.1 Å². The van der Waals surface area contributed by atoms with Crippen LogP contribution in [0.4, 0.5) is 4.79 Å². The molecule has 0 atom stereocenters. The SMILES string of the molecule is C[Si](c1ccccc1)(c1ccccc1)C1CCN(C(=O)OCc2ccccc2)CC1. The molecule has 0 N–H and O–H groups in total. The molecule has 1 heterocycles. The van der Waals surface area contributed by atoms with Crippen LogP contribution in [0.2, 0.25) is 12.1 Å². The van der Waals surface area contributed by atoms with Gasteiger partial charge in [-0.25, -0.2) is 4.79 Å². The fourth-order valence-electron chi connectivity index (χ4n) is 4.66. The van der Waals surface area contributed by atoms with E-state index in [1.54, 1.807) is 0 Å². The smallest absolute Gasteiger partial charge is 0.410 e. The molecule has 4 rings (SSSR count). The Bertz CT molecular complexity index is 899. The van der Waals surface area contributed by atoms with Crippen molar-refractivity contribution in [1.29, 1.82) is 0 Å². The molecule has 0 spiro atoms. The van der Waals surface area contributed by atoms with E-state index >= 15 is 0 Å². The number of ether oxygens (including phenoxy) is 1. The van der Waals surface area contributed by atoms with Crippen molar-refractivity contribution in [2.24, 2.45) is 0 Å². The second-order valence-corrected chi connectivity index (χ2v) is 12.6. The average Bonchev–Trinajstić information content (AvgIpc) is 2.84. The van der Waals surface area contributed by atoms with Crippen LogP contribution in [-0.4, -0.2) is 32.2 Å². The molecule has 1 amide bonds. The molecule has 0 aromatic heterocycles. The van der Waals surface area contributed by atoms with Gasteiger partial charge in [-0.2, -0.15) is 0 Å². The number of carbonyl (C=O) groups is 1. The molecule has 3 aromatic rings. The van der Waals surface area contributed by atoms with E-state index in [0.717, 1.165) is 31.5 Å². The highest BCUT2D eigenvalue weighted by Crippen LogP contribution is 2.33. The molecule has 154 valence electrons. The highest BCUT2D eigenvalue weighted by Gasteiger charge is 2.42. The Morgan fingerprint density at radius 2 is 1.30 bits per heavy atom. The first-order chi connectivity index (χ1) is 14.7. The van der Waals surface area contributed by atoms with Crippen LogP contribution in [0.25, 0.3) is 0 Å². The molecule has 0 unspecified atom stereocenters. The summed E-state index contributed by atoms with van der Waals surface area (Å²) in [5.74, 6) is 0. The number of rotatable bonds is 5. The molecular formula is C26H29NO2Si. The van der Waals surface area contributed by atoms with E-state index in [2.05, 4.69) is 67.2 Å². The number of hydrogen-bond acceptors (Lipinski definition) is 2. The minimum Gasteiger partial charge on any atom is -0.445 e. The van der Waals surface area contributed by atoms with Gasteiger partial charge in [0.25, 0.3) is 0 Å². The number of hydrogen-bond donors (Lipinski definition) is 0. The topological polar surface area (TPSA) is 29.5 Å². The molecule has 0 radical (unpaired) electrons. The molecule has 0 aliphatic carbocycles. The number of amides is 1. The van der Waals surface area contributed by atoms with Gasteiger partial charge in [0.05, 0.1) is 0 Å². The summed E-state index contributed by atoms with van der Waals surface area (Å²) in [6, 6.07) is 31.8. The van der Waals surface area contributed by atoms with Crippen LogP contribution in [0.5, 0.6) is 0 Å². The molecule has 4 heteroatoms. The third-order valence-electron chi connectivity index (χ3n) is 6.52. The zero-order chi connectivity index (χ0) is 20.8. The van der Waals surface area contributed by atoms with Crippen molar-refractivity contribution in [3.8, 4) is 0 Å². The normalized spacial score (nSPS) is 15.0. The Hall–Kier alpha value is -2.85. The van der Waals surface area contributed by atoms with Gasteiger partial charge in [0.2, 0.25) is 0 Å². The lowest BCUT2D eigenvalue weighted by Gasteiger charge is -2.42. The van der Waals surface area contributed by atoms with E-state index in [1.165, 1.54) is 10.4 Å². The van der Waals surface area contributed by atoms with Crippen LogP contribution in [-0.2, 0) is 11.3 Å². The van der Waals surface area contributed by atoms with Gasteiger partial charge in [-0.05, 0) is 23.9 Å². The monoisotopic (exact) mass is 415 g/mol. The molecule has 1 fully saturated rings. The van der Waals surface area contributed by atoms with Crippen molar-refractivity contribution >= 4 is 24.5 Å². The first-order valence-electron chi connectivity index (χ1n) is 10.7. The van der Waals surface area contributed by atoms with E-state index in [4.69, 9.17) is 4.74 Å². The third-order valence-corrected chi connectivity index (χ3v) is 11.8. The van der Waals surface area contributed by atoms with E-state index in [0.29, 0.717) is 12.1 Å². The van der Waals surface area contributed by atoms with Gasteiger partial charge in [0.1, 0.15) is 14.7 Å². The third kappa shape index (κ3) is 4.34. The van der Waals surface area contributed by atoms with E-state index in [-0.39, 0.29) is 6.09 Å². The predicted molar refractivity (Wildman–Crippen MR) is 125 cm³/mol. The van der Waals surface area contributed by atoms with E-state index < -0.39 is 8.07 Å². The van der Waals surface area contributed by atoms with Crippen molar-refractivity contribution in [2.45, 2.75) is 31.5 Å². The van der Waals surface area contributed by atoms with E-state index in [9.17, 15) is 4.79 Å². The van der Waals surface area contributed by atoms with Crippen molar-refractivity contribution in [3.63, 3.8) is 0 Å². The van der Waals surface area contributed by atoms with E-state index in [1.807, 2.05) is 35.2 Å². The highest BCUT2D eigenvalue weighted by molar-refractivity contribution is 7.02. The summed E-state index contributed by atoms with van der Waals surface area (Å²) >= 11 is 0. The van der Waals surface area contributed by atoms with Gasteiger partial charge >= 0.3 is 6.09 Å². The van der Waals surface area contributed by atoms with Gasteiger partial charge in [-0.3, -0.25) is 0 Å². The molecule has 30 heavy (non-hydrogen) atoms. The molecule has 0 bridgehead atoms. The predicted octanol–water partition coefficient (Wildman–Crippen LogP) is 4.68. The number of likely N-dealkylation sites (tertiary alicyclic amines) is 1. The minimum atomic E-state index is -1.92. The van der Waals surface area contributed by atoms with Crippen molar-refractivity contribution in [3.05, 3.63) is 96.6 Å². The quantitative estimate of drug-likeness (QED) is 0.566. The zero-order valence-electron chi connectivity index (χ0n) is 17.5. The molecule has 0 saturated carbocycles. The summed E-state index contributed by atoms with van der Waals surface area (Å²) in [6.07, 6.45) is 1.85. The number of carbonyl (C=O) groups excluding carboxylic acids is 1. The first-order valence-corrected chi connectivity index (χ1v) is 13.3. The van der Waals surface area contributed by atoms with Crippen LogP contribution in [0.15, 0.2) is 91.0 Å². The number of benzene rings is 3. The standard InChI is InChI=1S/C26H29NO2Si/c1-30(23-13-7-3-8-14-23,24-15-9-4-10-16-24)25-17-19-27(20-18-25)26(28)29-21-22-11-5-2-6-12-22/h2-16,25H,17-21H2,1H3. The van der Waals surface area contributed by atoms with Crippen LogP contribution >= 0.6 is 0 Å². The number of piperidine rings is 1. The summed E-state index contributed by atoms with van der Waals surface area (Å²) in [5.41, 5.74) is 1.62. The summed E-state index contributed by atoms with van der Waals surface area (Å²) in [5, 5.41) is 2.95. The van der Waals surface area contributed by atoms with Crippen molar-refractivity contribution < 1.29 is 9.53 Å². The first kappa shape index (κ1) is 20.4. The van der Waals surface area contributed by atoms with Crippen LogP contribution < -0.4 is 10.4 Å². The van der Waals surface area contributed by atoms with Gasteiger partial charge in [-0.15, -0.1) is 0 Å². The summed E-state index contributed by atoms with van der Waals surface area (Å²) < 4.78 is 5.56. The van der Waals surface area contributed by atoms with Crippen LogP contribution in [0.1, 0.15) is 18.4 Å². The fraction of sp³-hybridized carbons (Fsp3) is 0.269. The maximum Gasteiger partial charge on any atom is 0.410 e. The lowest BCUT2D eigenvalue weighted by atomic mass is 10.1. The van der Waals surface area contributed by atoms with Crippen molar-refractivity contribution in [1.82, 2.24) is 4.90 Å². The average molecular weight is 416 g/mol. The summed E-state index contributed by atoms with van der Waals surface area (Å²) in [4.78, 5) is 14.5. The fourth-order valence-corrected chi connectivity index (χ4v) is 9.12. The second kappa shape index (κ2) is 9.31. The highest BCUT2D eigenvalue weighted by atomic mass is 28.3. The molecule has 1 aliphatic rings. The zero-order valence-corrected chi connectivity index (χ0v) is 18.5. The van der Waals surface area contributed by atoms with Gasteiger partial charge in [0.15, 0.2) is 0 Å². The Morgan fingerprint density at radius 1 is 0.833 bits per heavy atom. The van der Waals surface area contributed by atoms with Crippen LogP contribution in [0.3, 0.4) is 0 Å². The van der Waals surface area contributed by atoms with Gasteiger partial charge in [-0.1, -0.05) is 108 Å². The molecule has 3 nitrogen and oxygen atoms in total. The minimum absolute atomic E-state index is 0.194. The largest absolute Gasteiger partial charge is 0.445 e. The van der Waals surface area contributed by atoms with Crippen molar-refractivity contribution in [2.75, 3.05) is 13.1 Å². The maximum atomic E-state index is 12.6. The maximum absolute atomic E-state index is 12.6. The van der Waals surface area contributed by atoms with Crippen LogP contribution in [0, 0.1) is 0 Å². The van der Waals surface area contributed by atoms with Gasteiger partial charge < -0.3 is 9.64 Å². The Labute approximate surface area is 180 Å². The summed E-state index contributed by atoms with van der Waals surface area (Å²) in [7, 11) is -1.92. The molecular weight excluding hydrogens is 386 g/mol. The molecule has 1 saturated heterocycles. The molecule has 3 aromatic carbocycles. The Morgan fingerprint density at radius 3 is 1.80 bits per heavy atom. The second-order valence-electron chi connectivity index (χ2n) is 8.24. The summed E-state index contributed by atoms with van der Waals surface area (Å²) in [6.45, 7) is 4.35.